The Hall–Kier alpha value is -3.74. The SMILES string of the molecule is CC(C)NC(=O)Nc1cccc(C(=O)OC(c2cccc(F)c2)c2ccccn2)c1. The Morgan fingerprint density at radius 3 is 2.50 bits per heavy atom. The number of hydrogen-bond donors (Lipinski definition) is 2. The topological polar surface area (TPSA) is 80.3 Å². The monoisotopic (exact) mass is 407 g/mol. The normalized spacial score (nSPS) is 11.6. The molecule has 154 valence electrons. The standard InChI is InChI=1S/C23H22FN3O3/c1-15(2)26-23(29)27-19-10-6-8-17(14-19)22(28)30-21(20-11-3-4-12-25-20)16-7-5-9-18(24)13-16/h3-15,21H,1-2H3,(H2,26,27,29). The lowest BCUT2D eigenvalue weighted by molar-refractivity contribution is 0.0370. The smallest absolute Gasteiger partial charge is 0.339 e. The van der Waals surface area contributed by atoms with Crippen LogP contribution >= 0.6 is 0 Å². The molecule has 1 atom stereocenters. The van der Waals surface area contributed by atoms with E-state index in [1.807, 2.05) is 13.8 Å². The van der Waals surface area contributed by atoms with Crippen molar-refractivity contribution >= 4 is 17.7 Å². The number of rotatable bonds is 6. The van der Waals surface area contributed by atoms with Gasteiger partial charge in [0.2, 0.25) is 0 Å². The zero-order valence-corrected chi connectivity index (χ0v) is 16.6. The van der Waals surface area contributed by atoms with Crippen LogP contribution in [-0.4, -0.2) is 23.0 Å². The number of pyridine rings is 1. The highest BCUT2D eigenvalue weighted by Gasteiger charge is 2.22. The van der Waals surface area contributed by atoms with E-state index in [4.69, 9.17) is 4.74 Å². The molecule has 0 fully saturated rings. The van der Waals surface area contributed by atoms with E-state index in [1.165, 1.54) is 18.2 Å². The molecule has 6 nitrogen and oxygen atoms in total. The Morgan fingerprint density at radius 2 is 1.80 bits per heavy atom. The fourth-order valence-electron chi connectivity index (χ4n) is 2.83. The highest BCUT2D eigenvalue weighted by atomic mass is 19.1. The van der Waals surface area contributed by atoms with Gasteiger partial charge in [0.05, 0.1) is 11.3 Å². The van der Waals surface area contributed by atoms with Crippen molar-refractivity contribution in [3.8, 4) is 0 Å². The number of esters is 1. The van der Waals surface area contributed by atoms with Crippen molar-refractivity contribution in [3.63, 3.8) is 0 Å². The fourth-order valence-corrected chi connectivity index (χ4v) is 2.83. The Morgan fingerprint density at radius 1 is 1.00 bits per heavy atom. The van der Waals surface area contributed by atoms with Crippen LogP contribution in [0.4, 0.5) is 14.9 Å². The number of urea groups is 1. The molecule has 1 aromatic heterocycles. The predicted octanol–water partition coefficient (Wildman–Crippen LogP) is 4.70. The Bertz CT molecular complexity index is 1020. The summed E-state index contributed by atoms with van der Waals surface area (Å²) in [6.07, 6.45) is 0.697. The van der Waals surface area contributed by atoms with Gasteiger partial charge in [-0.3, -0.25) is 4.98 Å². The minimum absolute atomic E-state index is 0.0245. The van der Waals surface area contributed by atoms with Gasteiger partial charge in [-0.25, -0.2) is 14.0 Å². The molecule has 0 aliphatic carbocycles. The van der Waals surface area contributed by atoms with Crippen LogP contribution in [0.15, 0.2) is 72.9 Å². The van der Waals surface area contributed by atoms with Gasteiger partial charge in [0.25, 0.3) is 0 Å². The maximum atomic E-state index is 13.8. The average Bonchev–Trinajstić information content (AvgIpc) is 2.72. The van der Waals surface area contributed by atoms with E-state index in [0.29, 0.717) is 16.9 Å². The summed E-state index contributed by atoms with van der Waals surface area (Å²) < 4.78 is 19.5. The number of nitrogens with one attached hydrogen (secondary N) is 2. The lowest BCUT2D eigenvalue weighted by Gasteiger charge is -2.18. The third-order valence-corrected chi connectivity index (χ3v) is 4.11. The van der Waals surface area contributed by atoms with E-state index in [2.05, 4.69) is 15.6 Å². The van der Waals surface area contributed by atoms with Gasteiger partial charge in [-0.15, -0.1) is 0 Å². The molecule has 3 aromatic rings. The first-order valence-electron chi connectivity index (χ1n) is 9.47. The molecule has 1 unspecified atom stereocenters. The van der Waals surface area contributed by atoms with Gasteiger partial charge in [-0.2, -0.15) is 0 Å². The summed E-state index contributed by atoms with van der Waals surface area (Å²) in [7, 11) is 0. The molecule has 2 N–H and O–H groups in total. The molecule has 2 aromatic carbocycles. The maximum absolute atomic E-state index is 13.8. The van der Waals surface area contributed by atoms with Crippen LogP contribution in [0.1, 0.15) is 41.6 Å². The molecule has 1 heterocycles. The lowest BCUT2D eigenvalue weighted by Crippen LogP contribution is -2.34. The maximum Gasteiger partial charge on any atom is 0.339 e. The molecular formula is C23H22FN3O3. The van der Waals surface area contributed by atoms with Crippen LogP contribution in [0.3, 0.4) is 0 Å². The number of hydrogen-bond acceptors (Lipinski definition) is 4. The number of benzene rings is 2. The summed E-state index contributed by atoms with van der Waals surface area (Å²) in [5.41, 5.74) is 1.63. The Balaban J connectivity index is 1.83. The van der Waals surface area contributed by atoms with E-state index < -0.39 is 17.9 Å². The summed E-state index contributed by atoms with van der Waals surface area (Å²) in [4.78, 5) is 29.0. The number of amides is 2. The van der Waals surface area contributed by atoms with Gasteiger partial charge >= 0.3 is 12.0 Å². The van der Waals surface area contributed by atoms with Gasteiger partial charge in [-0.1, -0.05) is 24.3 Å². The minimum atomic E-state index is -0.879. The number of carbonyl (C=O) groups excluding carboxylic acids is 2. The zero-order chi connectivity index (χ0) is 21.5. The number of anilines is 1. The molecule has 0 spiro atoms. The zero-order valence-electron chi connectivity index (χ0n) is 16.6. The first-order valence-corrected chi connectivity index (χ1v) is 9.47. The second-order valence-electron chi connectivity index (χ2n) is 6.93. The number of ether oxygens (including phenoxy) is 1. The molecule has 7 heteroatoms. The number of nitrogens with zero attached hydrogens (tertiary/aromatic N) is 1. The molecule has 30 heavy (non-hydrogen) atoms. The third kappa shape index (κ3) is 5.64. The molecule has 0 aliphatic heterocycles. The minimum Gasteiger partial charge on any atom is -0.447 e. The van der Waals surface area contributed by atoms with Crippen molar-refractivity contribution in [1.29, 1.82) is 0 Å². The van der Waals surface area contributed by atoms with E-state index in [0.717, 1.165) is 0 Å². The second-order valence-corrected chi connectivity index (χ2v) is 6.93. The van der Waals surface area contributed by atoms with Crippen LogP contribution < -0.4 is 10.6 Å². The average molecular weight is 407 g/mol. The second kappa shape index (κ2) is 9.65. The predicted molar refractivity (Wildman–Crippen MR) is 112 cm³/mol. The lowest BCUT2D eigenvalue weighted by atomic mass is 10.1. The molecular weight excluding hydrogens is 385 g/mol. The van der Waals surface area contributed by atoms with Crippen LogP contribution in [0.2, 0.25) is 0 Å². The van der Waals surface area contributed by atoms with Gasteiger partial charge in [0.15, 0.2) is 6.10 Å². The van der Waals surface area contributed by atoms with E-state index in [9.17, 15) is 14.0 Å². The van der Waals surface area contributed by atoms with E-state index in [-0.39, 0.29) is 17.6 Å². The largest absolute Gasteiger partial charge is 0.447 e. The highest BCUT2D eigenvalue weighted by Crippen LogP contribution is 2.26. The van der Waals surface area contributed by atoms with Crippen LogP contribution in [0.25, 0.3) is 0 Å². The van der Waals surface area contributed by atoms with Crippen LogP contribution in [-0.2, 0) is 4.74 Å². The molecule has 0 saturated carbocycles. The summed E-state index contributed by atoms with van der Waals surface area (Å²) in [6.45, 7) is 3.69. The Kier molecular flexibility index (Phi) is 6.75. The third-order valence-electron chi connectivity index (χ3n) is 4.11. The summed E-state index contributed by atoms with van der Waals surface area (Å²) >= 11 is 0. The number of carbonyl (C=O) groups is 2. The fraction of sp³-hybridized carbons (Fsp3) is 0.174. The molecule has 2 amide bonds. The van der Waals surface area contributed by atoms with E-state index in [1.54, 1.807) is 54.7 Å². The first-order chi connectivity index (χ1) is 14.4. The van der Waals surface area contributed by atoms with Crippen molar-refractivity contribution in [2.45, 2.75) is 26.0 Å². The van der Waals surface area contributed by atoms with Crippen molar-refractivity contribution in [2.24, 2.45) is 0 Å². The summed E-state index contributed by atoms with van der Waals surface area (Å²) in [5, 5.41) is 5.38. The highest BCUT2D eigenvalue weighted by molar-refractivity contribution is 5.94. The first kappa shape index (κ1) is 21.0. The molecule has 0 radical (unpaired) electrons. The molecule has 0 bridgehead atoms. The van der Waals surface area contributed by atoms with Gasteiger partial charge < -0.3 is 15.4 Å². The number of aromatic nitrogens is 1. The van der Waals surface area contributed by atoms with Crippen molar-refractivity contribution < 1.29 is 18.7 Å². The van der Waals surface area contributed by atoms with Crippen LogP contribution in [0, 0.1) is 5.82 Å². The Labute approximate surface area is 174 Å². The summed E-state index contributed by atoms with van der Waals surface area (Å²) in [5.74, 6) is -1.06. The van der Waals surface area contributed by atoms with Gasteiger partial charge in [0.1, 0.15) is 5.82 Å². The van der Waals surface area contributed by atoms with Crippen molar-refractivity contribution in [2.75, 3.05) is 5.32 Å². The summed E-state index contributed by atoms with van der Waals surface area (Å²) in [6, 6.07) is 17.1. The van der Waals surface area contributed by atoms with E-state index >= 15 is 0 Å². The molecule has 0 aliphatic rings. The quantitative estimate of drug-likeness (QED) is 0.581. The molecule has 0 saturated heterocycles. The van der Waals surface area contributed by atoms with Crippen molar-refractivity contribution in [1.82, 2.24) is 10.3 Å². The number of halogens is 1. The van der Waals surface area contributed by atoms with Gasteiger partial charge in [-0.05, 0) is 56.3 Å². The van der Waals surface area contributed by atoms with Crippen molar-refractivity contribution in [3.05, 3.63) is 95.6 Å². The van der Waals surface area contributed by atoms with Gasteiger partial charge in [0, 0.05) is 23.5 Å². The molecule has 3 rings (SSSR count). The van der Waals surface area contributed by atoms with Crippen LogP contribution in [0.5, 0.6) is 0 Å².